The Morgan fingerprint density at radius 3 is 1.45 bits per heavy atom. The van der Waals surface area contributed by atoms with Crippen molar-refractivity contribution in [3.63, 3.8) is 0 Å². The summed E-state index contributed by atoms with van der Waals surface area (Å²) < 4.78 is 2.28. The topological polar surface area (TPSA) is 0 Å². The summed E-state index contributed by atoms with van der Waals surface area (Å²) in [6.07, 6.45) is 0. The van der Waals surface area contributed by atoms with Crippen molar-refractivity contribution in [3.8, 4) is 0 Å². The number of rotatable bonds is 4. The predicted molar refractivity (Wildman–Crippen MR) is 127 cm³/mol. The molecule has 0 bridgehead atoms. The molecule has 0 fully saturated rings. The van der Waals surface area contributed by atoms with Gasteiger partial charge in [-0.1, -0.05) is 0 Å². The van der Waals surface area contributed by atoms with Crippen molar-refractivity contribution in [2.75, 3.05) is 0 Å². The van der Waals surface area contributed by atoms with E-state index >= 15 is 0 Å². The zero-order valence-electron chi connectivity index (χ0n) is 16.4. The van der Waals surface area contributed by atoms with Crippen molar-refractivity contribution in [3.05, 3.63) is 144 Å². The second-order valence-corrected chi connectivity index (χ2v) is 11.9. The van der Waals surface area contributed by atoms with Crippen molar-refractivity contribution >= 4 is 25.4 Å². The SMILES string of the molecule is c1ccc([C]2=C(c3ccccc3)C(c3ccccc3)[CH](c3ccccc3)[GeH2]2)cc1. The van der Waals surface area contributed by atoms with Crippen molar-refractivity contribution in [2.24, 2.45) is 0 Å². The average molecular weight is 433 g/mol. The first kappa shape index (κ1) is 18.2. The van der Waals surface area contributed by atoms with E-state index in [1.807, 2.05) is 0 Å². The Kier molecular flexibility index (Phi) is 5.19. The number of benzene rings is 4. The molecule has 0 amide bonds. The Labute approximate surface area is 179 Å². The van der Waals surface area contributed by atoms with E-state index in [1.54, 1.807) is 9.98 Å². The molecule has 140 valence electrons. The van der Waals surface area contributed by atoms with Gasteiger partial charge in [-0.05, 0) is 0 Å². The van der Waals surface area contributed by atoms with Crippen molar-refractivity contribution in [2.45, 2.75) is 10.7 Å². The molecule has 0 aromatic heterocycles. The first-order valence-corrected chi connectivity index (χ1v) is 13.6. The number of hydrogen-bond acceptors (Lipinski definition) is 0. The summed E-state index contributed by atoms with van der Waals surface area (Å²) in [6.45, 7) is 0. The van der Waals surface area contributed by atoms with E-state index in [2.05, 4.69) is 121 Å². The summed E-state index contributed by atoms with van der Waals surface area (Å²) in [5.41, 5.74) is 7.30. The third kappa shape index (κ3) is 3.61. The first-order valence-electron chi connectivity index (χ1n) is 10.4. The monoisotopic (exact) mass is 434 g/mol. The third-order valence-electron chi connectivity index (χ3n) is 6.06. The molecule has 2 unspecified atom stereocenters. The average Bonchev–Trinajstić information content (AvgIpc) is 3.22. The Bertz CT molecular complexity index is 1100. The van der Waals surface area contributed by atoms with Gasteiger partial charge in [0.25, 0.3) is 0 Å². The summed E-state index contributed by atoms with van der Waals surface area (Å²) in [5.74, 6) is 0.427. The van der Waals surface area contributed by atoms with Gasteiger partial charge in [0.05, 0.1) is 0 Å². The Hall–Kier alpha value is -2.84. The molecule has 0 N–H and O–H groups in total. The second-order valence-electron chi connectivity index (χ2n) is 7.73. The van der Waals surface area contributed by atoms with Gasteiger partial charge in [-0.3, -0.25) is 0 Å². The molecular weight excluding hydrogens is 409 g/mol. The van der Waals surface area contributed by atoms with Crippen LogP contribution in [0.15, 0.2) is 121 Å². The van der Waals surface area contributed by atoms with Crippen LogP contribution in [0.25, 0.3) is 9.98 Å². The molecule has 0 nitrogen and oxygen atoms in total. The van der Waals surface area contributed by atoms with Crippen molar-refractivity contribution in [1.29, 1.82) is 0 Å². The van der Waals surface area contributed by atoms with Crippen LogP contribution in [0.5, 0.6) is 0 Å². The molecular formula is C28H24Ge. The molecule has 1 heterocycles. The quantitative estimate of drug-likeness (QED) is 0.334. The van der Waals surface area contributed by atoms with Crippen LogP contribution < -0.4 is 0 Å². The first-order chi connectivity index (χ1) is 14.4. The summed E-state index contributed by atoms with van der Waals surface area (Å²) in [7, 11) is 0. The summed E-state index contributed by atoms with van der Waals surface area (Å²) in [5, 5.41) is 0. The maximum atomic E-state index is 2.34. The van der Waals surface area contributed by atoms with Gasteiger partial charge in [0.1, 0.15) is 0 Å². The minimum absolute atomic E-state index is 0.427. The zero-order valence-corrected chi connectivity index (χ0v) is 19.4. The Morgan fingerprint density at radius 1 is 0.448 bits per heavy atom. The van der Waals surface area contributed by atoms with Crippen LogP contribution in [0.4, 0.5) is 0 Å². The van der Waals surface area contributed by atoms with Crippen LogP contribution in [0.2, 0.25) is 0 Å². The minimum atomic E-state index is -1.08. The molecule has 1 heteroatoms. The fraction of sp³-hybridized carbons (Fsp3) is 0.0714. The number of hydrogen-bond donors (Lipinski definition) is 0. The fourth-order valence-corrected chi connectivity index (χ4v) is 10.7. The Balaban J connectivity index is 1.75. The van der Waals surface area contributed by atoms with E-state index in [1.165, 1.54) is 22.3 Å². The normalized spacial score (nSPS) is 19.6. The summed E-state index contributed by atoms with van der Waals surface area (Å²) in [4.78, 5) is 0. The van der Waals surface area contributed by atoms with Crippen LogP contribution in [0.3, 0.4) is 0 Å². The standard InChI is InChI=1S/C28H24Ge/c1-5-13-21(14-6-1)25-26(22-15-7-2-8-16-22)28(24-19-11-4-12-20-24)29-27(25)23-17-9-3-10-18-23/h1-20,25,27H,29H2. The van der Waals surface area contributed by atoms with Crippen LogP contribution in [-0.2, 0) is 0 Å². The van der Waals surface area contributed by atoms with Crippen LogP contribution in [-0.4, -0.2) is 15.4 Å². The molecule has 4 aromatic carbocycles. The van der Waals surface area contributed by atoms with Gasteiger partial charge < -0.3 is 0 Å². The van der Waals surface area contributed by atoms with Gasteiger partial charge >= 0.3 is 180 Å². The van der Waals surface area contributed by atoms with Crippen molar-refractivity contribution in [1.82, 2.24) is 0 Å². The van der Waals surface area contributed by atoms with E-state index in [4.69, 9.17) is 0 Å². The van der Waals surface area contributed by atoms with Gasteiger partial charge in [0.15, 0.2) is 0 Å². The Morgan fingerprint density at radius 2 is 0.897 bits per heavy atom. The van der Waals surface area contributed by atoms with E-state index in [-0.39, 0.29) is 0 Å². The van der Waals surface area contributed by atoms with Crippen LogP contribution in [0.1, 0.15) is 32.9 Å². The molecule has 29 heavy (non-hydrogen) atoms. The molecule has 1 aliphatic heterocycles. The second kappa shape index (κ2) is 8.26. The van der Waals surface area contributed by atoms with Gasteiger partial charge in [0.2, 0.25) is 0 Å². The van der Waals surface area contributed by atoms with Gasteiger partial charge in [0, 0.05) is 0 Å². The molecule has 0 spiro atoms. The molecule has 2 atom stereocenters. The van der Waals surface area contributed by atoms with Gasteiger partial charge in [-0.2, -0.15) is 0 Å². The zero-order chi connectivity index (χ0) is 19.5. The molecule has 0 radical (unpaired) electrons. The van der Waals surface area contributed by atoms with E-state index in [9.17, 15) is 0 Å². The molecule has 4 aromatic rings. The summed E-state index contributed by atoms with van der Waals surface area (Å²) in [6, 6.07) is 44.5. The van der Waals surface area contributed by atoms with E-state index < -0.39 is 15.4 Å². The van der Waals surface area contributed by atoms with E-state index in [0.29, 0.717) is 10.7 Å². The van der Waals surface area contributed by atoms with Gasteiger partial charge in [-0.25, -0.2) is 0 Å². The van der Waals surface area contributed by atoms with E-state index in [0.717, 1.165) is 0 Å². The van der Waals surface area contributed by atoms with Crippen LogP contribution in [0, 0.1) is 0 Å². The molecule has 0 aliphatic carbocycles. The molecule has 1 aliphatic rings. The summed E-state index contributed by atoms with van der Waals surface area (Å²) >= 11 is -1.08. The predicted octanol–water partition coefficient (Wildman–Crippen LogP) is 6.26. The fourth-order valence-electron chi connectivity index (χ4n) is 4.79. The maximum absolute atomic E-state index is 2.34. The van der Waals surface area contributed by atoms with Crippen LogP contribution >= 0.6 is 0 Å². The third-order valence-corrected chi connectivity index (χ3v) is 11.5. The van der Waals surface area contributed by atoms with Gasteiger partial charge in [-0.15, -0.1) is 0 Å². The van der Waals surface area contributed by atoms with Crippen molar-refractivity contribution < 1.29 is 0 Å². The molecule has 0 saturated heterocycles. The number of allylic oxidation sites excluding steroid dienone is 1. The molecule has 0 saturated carbocycles. The molecule has 5 rings (SSSR count).